The van der Waals surface area contributed by atoms with E-state index in [1.807, 2.05) is 48.5 Å². The molecule has 1 aliphatic heterocycles. The molecule has 0 bridgehead atoms. The molecular weight excluding hydrogens is 398 g/mol. The number of fused-ring (bicyclic) bond motifs is 2. The van der Waals surface area contributed by atoms with Gasteiger partial charge in [-0.25, -0.2) is 4.98 Å². The van der Waals surface area contributed by atoms with Gasteiger partial charge in [-0.2, -0.15) is 0 Å². The average Bonchev–Trinajstić information content (AvgIpc) is 3.01. The van der Waals surface area contributed by atoms with Gasteiger partial charge in [0, 0.05) is 29.6 Å². The van der Waals surface area contributed by atoms with E-state index in [0.29, 0.717) is 21.9 Å². The lowest BCUT2D eigenvalue weighted by molar-refractivity contribution is 0.102. The Hall–Kier alpha value is -3.25. The monoisotopic (exact) mass is 417 g/mol. The molecule has 1 aliphatic rings. The van der Waals surface area contributed by atoms with Crippen molar-refractivity contribution in [3.05, 3.63) is 71.1 Å². The Morgan fingerprint density at radius 2 is 1.83 bits per heavy atom. The smallest absolute Gasteiger partial charge is 0.256 e. The summed E-state index contributed by atoms with van der Waals surface area (Å²) in [5.74, 6) is 1.72. The third kappa shape index (κ3) is 3.55. The molecule has 2 aromatic carbocycles. The van der Waals surface area contributed by atoms with Gasteiger partial charge in [0.15, 0.2) is 5.82 Å². The second-order valence-corrected chi connectivity index (χ2v) is 7.83. The molecule has 0 radical (unpaired) electrons. The number of aryl methyl sites for hydroxylation is 1. The molecule has 0 saturated carbocycles. The van der Waals surface area contributed by atoms with E-state index in [-0.39, 0.29) is 5.91 Å². The number of hydrogen-bond donors (Lipinski definition) is 1. The van der Waals surface area contributed by atoms with Crippen molar-refractivity contribution in [1.82, 2.24) is 19.7 Å². The third-order valence-electron chi connectivity index (χ3n) is 5.44. The highest BCUT2D eigenvalue weighted by Crippen LogP contribution is 2.25. The van der Waals surface area contributed by atoms with Crippen LogP contribution in [-0.2, 0) is 13.0 Å². The van der Waals surface area contributed by atoms with Crippen LogP contribution < -0.4 is 5.32 Å². The van der Waals surface area contributed by atoms with Crippen LogP contribution in [0.15, 0.2) is 54.6 Å². The Bertz CT molecular complexity index is 1230. The Morgan fingerprint density at radius 1 is 1.00 bits per heavy atom. The fraction of sp³-hybridized carbons (Fsp3) is 0.217. The quantitative estimate of drug-likeness (QED) is 0.469. The first-order chi connectivity index (χ1) is 14.7. The largest absolute Gasteiger partial charge is 0.322 e. The van der Waals surface area contributed by atoms with Gasteiger partial charge in [0.1, 0.15) is 11.0 Å². The number of hydrogen-bond acceptors (Lipinski definition) is 4. The number of carbonyl (C=O) groups is 1. The summed E-state index contributed by atoms with van der Waals surface area (Å²) in [6, 6.07) is 16.8. The van der Waals surface area contributed by atoms with Crippen molar-refractivity contribution in [2.24, 2.45) is 0 Å². The molecule has 0 spiro atoms. The van der Waals surface area contributed by atoms with Crippen LogP contribution in [0.4, 0.5) is 5.69 Å². The first-order valence-corrected chi connectivity index (χ1v) is 10.5. The van der Waals surface area contributed by atoms with E-state index < -0.39 is 0 Å². The summed E-state index contributed by atoms with van der Waals surface area (Å²) < 4.78 is 2.21. The average molecular weight is 418 g/mol. The zero-order chi connectivity index (χ0) is 20.5. The van der Waals surface area contributed by atoms with Crippen molar-refractivity contribution in [3.8, 4) is 11.4 Å². The van der Waals surface area contributed by atoms with Gasteiger partial charge in [-0.15, -0.1) is 10.2 Å². The number of pyridine rings is 1. The maximum atomic E-state index is 12.9. The lowest BCUT2D eigenvalue weighted by atomic mass is 10.1. The summed E-state index contributed by atoms with van der Waals surface area (Å²) in [6.07, 6.45) is 4.51. The Labute approximate surface area is 178 Å². The molecule has 0 aliphatic carbocycles. The molecule has 6 nitrogen and oxygen atoms in total. The standard InChI is InChI=1S/C23H20ClN5O/c24-20-14-18(17-6-3-4-7-19(17)26-20)23(30)25-16-11-9-15(10-12-16)22-28-27-21-8-2-1-5-13-29(21)22/h3-4,6-7,9-12,14H,1-2,5,8,13H2,(H,25,30). The SMILES string of the molecule is O=C(Nc1ccc(-c2nnc3n2CCCCC3)cc1)c1cc(Cl)nc2ccccc12. The van der Waals surface area contributed by atoms with Gasteiger partial charge in [0.05, 0.1) is 11.1 Å². The summed E-state index contributed by atoms with van der Waals surface area (Å²) in [6.45, 7) is 0.950. The molecule has 0 saturated heterocycles. The van der Waals surface area contributed by atoms with Gasteiger partial charge in [-0.05, 0) is 49.2 Å². The maximum Gasteiger partial charge on any atom is 0.256 e. The third-order valence-corrected chi connectivity index (χ3v) is 5.63. The van der Waals surface area contributed by atoms with E-state index in [1.54, 1.807) is 6.07 Å². The summed E-state index contributed by atoms with van der Waals surface area (Å²) in [5, 5.41) is 12.8. The zero-order valence-corrected chi connectivity index (χ0v) is 17.1. The van der Waals surface area contributed by atoms with E-state index >= 15 is 0 Å². The molecule has 5 rings (SSSR count). The van der Waals surface area contributed by atoms with Crippen LogP contribution in [0.2, 0.25) is 5.15 Å². The molecule has 0 atom stereocenters. The van der Waals surface area contributed by atoms with E-state index in [1.165, 1.54) is 6.42 Å². The Morgan fingerprint density at radius 3 is 2.70 bits per heavy atom. The van der Waals surface area contributed by atoms with Crippen LogP contribution in [0.25, 0.3) is 22.3 Å². The van der Waals surface area contributed by atoms with Crippen LogP contribution >= 0.6 is 11.6 Å². The molecule has 0 unspecified atom stereocenters. The topological polar surface area (TPSA) is 72.7 Å². The lowest BCUT2D eigenvalue weighted by Crippen LogP contribution is -2.12. The van der Waals surface area contributed by atoms with Gasteiger partial charge in [-0.3, -0.25) is 4.79 Å². The number of amides is 1. The van der Waals surface area contributed by atoms with Gasteiger partial charge < -0.3 is 9.88 Å². The molecule has 1 amide bonds. The second kappa shape index (κ2) is 7.88. The number of para-hydroxylation sites is 1. The summed E-state index contributed by atoms with van der Waals surface area (Å²) in [4.78, 5) is 17.2. The fourth-order valence-corrected chi connectivity index (χ4v) is 4.13. The number of benzene rings is 2. The molecule has 3 heterocycles. The summed E-state index contributed by atoms with van der Waals surface area (Å²) in [7, 11) is 0. The van der Waals surface area contributed by atoms with Gasteiger partial charge in [0.2, 0.25) is 0 Å². The normalized spacial score (nSPS) is 13.6. The lowest BCUT2D eigenvalue weighted by Gasteiger charge is -2.10. The van der Waals surface area contributed by atoms with Crippen molar-refractivity contribution in [3.63, 3.8) is 0 Å². The minimum atomic E-state index is -0.223. The van der Waals surface area contributed by atoms with Crippen LogP contribution in [0.1, 0.15) is 35.4 Å². The summed E-state index contributed by atoms with van der Waals surface area (Å²) >= 11 is 6.11. The number of nitrogens with one attached hydrogen (secondary N) is 1. The highest BCUT2D eigenvalue weighted by molar-refractivity contribution is 6.30. The zero-order valence-electron chi connectivity index (χ0n) is 16.3. The van der Waals surface area contributed by atoms with Crippen LogP contribution in [0, 0.1) is 0 Å². The summed E-state index contributed by atoms with van der Waals surface area (Å²) in [5.41, 5.74) is 2.89. The second-order valence-electron chi connectivity index (χ2n) is 7.44. The van der Waals surface area contributed by atoms with Gasteiger partial charge in [0.25, 0.3) is 5.91 Å². The molecule has 1 N–H and O–H groups in total. The van der Waals surface area contributed by atoms with Crippen molar-refractivity contribution in [2.75, 3.05) is 5.32 Å². The molecule has 4 aromatic rings. The molecule has 2 aromatic heterocycles. The molecule has 150 valence electrons. The molecular formula is C23H20ClN5O. The molecule has 7 heteroatoms. The first kappa shape index (κ1) is 18.8. The predicted octanol–water partition coefficient (Wildman–Crippen LogP) is 5.13. The van der Waals surface area contributed by atoms with E-state index in [4.69, 9.17) is 11.6 Å². The van der Waals surface area contributed by atoms with E-state index in [9.17, 15) is 4.79 Å². The Kier molecular flexibility index (Phi) is 4.93. The number of nitrogens with zero attached hydrogens (tertiary/aromatic N) is 4. The van der Waals surface area contributed by atoms with Crippen LogP contribution in [0.3, 0.4) is 0 Å². The minimum absolute atomic E-state index is 0.223. The number of aromatic nitrogens is 4. The Balaban J connectivity index is 1.40. The highest BCUT2D eigenvalue weighted by Gasteiger charge is 2.17. The van der Waals surface area contributed by atoms with Crippen LogP contribution in [0.5, 0.6) is 0 Å². The van der Waals surface area contributed by atoms with Crippen molar-refractivity contribution < 1.29 is 4.79 Å². The van der Waals surface area contributed by atoms with Gasteiger partial charge >= 0.3 is 0 Å². The molecule has 30 heavy (non-hydrogen) atoms. The van der Waals surface area contributed by atoms with E-state index in [2.05, 4.69) is 25.1 Å². The van der Waals surface area contributed by atoms with Gasteiger partial charge in [-0.1, -0.05) is 36.2 Å². The van der Waals surface area contributed by atoms with Crippen molar-refractivity contribution >= 4 is 34.1 Å². The molecule has 0 fully saturated rings. The minimum Gasteiger partial charge on any atom is -0.322 e. The number of rotatable bonds is 3. The number of halogens is 1. The highest BCUT2D eigenvalue weighted by atomic mass is 35.5. The predicted molar refractivity (Wildman–Crippen MR) is 118 cm³/mol. The first-order valence-electron chi connectivity index (χ1n) is 10.1. The number of anilines is 1. The fourth-order valence-electron chi connectivity index (χ4n) is 3.93. The maximum absolute atomic E-state index is 12.9. The van der Waals surface area contributed by atoms with E-state index in [0.717, 1.165) is 48.4 Å². The van der Waals surface area contributed by atoms with Crippen LogP contribution in [-0.4, -0.2) is 25.7 Å². The number of carbonyl (C=O) groups excluding carboxylic acids is 1. The van der Waals surface area contributed by atoms with Crippen molar-refractivity contribution in [2.45, 2.75) is 32.2 Å². The van der Waals surface area contributed by atoms with Crippen molar-refractivity contribution in [1.29, 1.82) is 0 Å².